The molecule has 0 amide bonds. The number of ether oxygens (including phenoxy) is 3. The third kappa shape index (κ3) is 60.0. The summed E-state index contributed by atoms with van der Waals surface area (Å²) in [7, 11) is 0. The molecule has 0 aromatic carbocycles. The van der Waals surface area contributed by atoms with E-state index in [9.17, 15) is 14.4 Å². The van der Waals surface area contributed by atoms with Gasteiger partial charge in [0.1, 0.15) is 13.2 Å². The minimum Gasteiger partial charge on any atom is -0.462 e. The van der Waals surface area contributed by atoms with Crippen molar-refractivity contribution in [1.29, 1.82) is 0 Å². The van der Waals surface area contributed by atoms with E-state index in [1.54, 1.807) is 0 Å². The summed E-state index contributed by atoms with van der Waals surface area (Å²) in [5, 5.41) is 0. The first-order valence-corrected chi connectivity index (χ1v) is 30.3. The topological polar surface area (TPSA) is 78.9 Å². The smallest absolute Gasteiger partial charge is 0.306 e. The lowest BCUT2D eigenvalue weighted by molar-refractivity contribution is -0.166. The Morgan fingerprint density at radius 2 is 0.507 bits per heavy atom. The van der Waals surface area contributed by atoms with Crippen molar-refractivity contribution in [2.24, 2.45) is 0 Å². The summed E-state index contributed by atoms with van der Waals surface area (Å²) in [6, 6.07) is 0. The van der Waals surface area contributed by atoms with E-state index in [2.05, 4.69) is 154 Å². The molecule has 6 heteroatoms. The quantitative estimate of drug-likeness (QED) is 0.0261. The van der Waals surface area contributed by atoms with Crippen LogP contribution in [0.15, 0.2) is 146 Å². The van der Waals surface area contributed by atoms with Crippen molar-refractivity contribution < 1.29 is 28.6 Å². The summed E-state index contributed by atoms with van der Waals surface area (Å²) in [5.41, 5.74) is 0. The van der Waals surface area contributed by atoms with Gasteiger partial charge < -0.3 is 14.2 Å². The Morgan fingerprint density at radius 1 is 0.267 bits per heavy atom. The highest BCUT2D eigenvalue weighted by atomic mass is 16.6. The van der Waals surface area contributed by atoms with Crippen molar-refractivity contribution >= 4 is 17.9 Å². The minimum atomic E-state index is -0.833. The molecule has 0 aliphatic rings. The molecule has 0 fully saturated rings. The number of unbranched alkanes of at least 4 members (excludes halogenated alkanes) is 18. The lowest BCUT2D eigenvalue weighted by Gasteiger charge is -2.18. The van der Waals surface area contributed by atoms with Crippen LogP contribution >= 0.6 is 0 Å². The zero-order valence-corrected chi connectivity index (χ0v) is 48.3. The molecular weight excluding hydrogens is 925 g/mol. The largest absolute Gasteiger partial charge is 0.462 e. The van der Waals surface area contributed by atoms with Gasteiger partial charge in [-0.05, 0) is 122 Å². The second-order valence-corrected chi connectivity index (χ2v) is 19.5. The molecule has 0 aliphatic carbocycles. The molecule has 0 radical (unpaired) electrons. The fraction of sp³-hybridized carbons (Fsp3) is 0.609. The van der Waals surface area contributed by atoms with Gasteiger partial charge in [-0.15, -0.1) is 0 Å². The highest BCUT2D eigenvalue weighted by Crippen LogP contribution is 2.15. The summed E-state index contributed by atoms with van der Waals surface area (Å²) in [5.74, 6) is -1.04. The van der Waals surface area contributed by atoms with Crippen molar-refractivity contribution in [3.8, 4) is 0 Å². The molecule has 0 aliphatic heterocycles. The van der Waals surface area contributed by atoms with Crippen LogP contribution in [0.25, 0.3) is 0 Å². The molecule has 0 bridgehead atoms. The van der Waals surface area contributed by atoms with E-state index in [1.807, 2.05) is 12.2 Å². The molecule has 0 aromatic rings. The van der Waals surface area contributed by atoms with E-state index in [0.29, 0.717) is 19.3 Å². The molecular formula is C69H110O6. The van der Waals surface area contributed by atoms with Crippen molar-refractivity contribution in [3.63, 3.8) is 0 Å². The van der Waals surface area contributed by atoms with Crippen molar-refractivity contribution in [1.82, 2.24) is 0 Å². The molecule has 75 heavy (non-hydrogen) atoms. The third-order valence-corrected chi connectivity index (χ3v) is 12.3. The van der Waals surface area contributed by atoms with Crippen molar-refractivity contribution in [3.05, 3.63) is 146 Å². The number of carbonyl (C=O) groups excluding carboxylic acids is 3. The Balaban J connectivity index is 4.25. The summed E-state index contributed by atoms with van der Waals surface area (Å²) in [4.78, 5) is 38.1. The maximum absolute atomic E-state index is 12.8. The van der Waals surface area contributed by atoms with E-state index in [1.165, 1.54) is 83.5 Å². The average Bonchev–Trinajstić information content (AvgIpc) is 3.41. The first kappa shape index (κ1) is 70.3. The van der Waals surface area contributed by atoms with Crippen LogP contribution in [0.3, 0.4) is 0 Å². The predicted molar refractivity (Wildman–Crippen MR) is 325 cm³/mol. The van der Waals surface area contributed by atoms with Crippen LogP contribution in [0.5, 0.6) is 0 Å². The van der Waals surface area contributed by atoms with E-state index >= 15 is 0 Å². The van der Waals surface area contributed by atoms with Gasteiger partial charge in [-0.3, -0.25) is 14.4 Å². The Kier molecular flexibility index (Phi) is 58.0. The lowest BCUT2D eigenvalue weighted by Crippen LogP contribution is -2.30. The zero-order chi connectivity index (χ0) is 54.3. The van der Waals surface area contributed by atoms with E-state index < -0.39 is 12.1 Å². The fourth-order valence-electron chi connectivity index (χ4n) is 7.91. The first-order valence-electron chi connectivity index (χ1n) is 30.3. The number of rotatable bonds is 53. The van der Waals surface area contributed by atoms with Crippen LogP contribution in [0, 0.1) is 0 Å². The van der Waals surface area contributed by atoms with E-state index in [0.717, 1.165) is 122 Å². The average molecular weight is 1040 g/mol. The lowest BCUT2D eigenvalue weighted by atomic mass is 10.0. The second kappa shape index (κ2) is 61.8. The number of carbonyl (C=O) groups is 3. The number of esters is 3. The van der Waals surface area contributed by atoms with E-state index in [-0.39, 0.29) is 31.6 Å². The maximum Gasteiger partial charge on any atom is 0.306 e. The molecule has 0 saturated carbocycles. The standard InChI is InChI=1S/C69H110O6/c1-4-7-10-13-16-19-22-25-26-27-28-29-30-31-32-33-34-35-36-37-38-39-40-41-42-45-47-50-53-56-59-62-68(71)74-65-66(75-69(72)63-60-57-54-51-48-44-24-21-18-15-12-9-6-3)64-73-67(70)61-58-55-52-49-46-43-23-20-17-14-11-8-5-2/h7-12,16-21,25-26,28-29,31-32,43-44,46,48,54,57,66H,4-6,13-15,22-24,27,30,33-42,45,47,49-53,55-56,58-65H2,1-3H3/b10-7-,11-8-,12-9-,19-16-,20-17-,21-18-,26-25-,29-28-,32-31-,46-43-,48-44-,57-54-. The normalized spacial score (nSPS) is 13.2. The highest BCUT2D eigenvalue weighted by Gasteiger charge is 2.19. The van der Waals surface area contributed by atoms with Gasteiger partial charge in [0.2, 0.25) is 0 Å². The summed E-state index contributed by atoms with van der Waals surface area (Å²) in [6.45, 7) is 6.20. The summed E-state index contributed by atoms with van der Waals surface area (Å²) in [6.07, 6.45) is 88.8. The van der Waals surface area contributed by atoms with Crippen LogP contribution < -0.4 is 0 Å². The van der Waals surface area contributed by atoms with Crippen LogP contribution in [0.4, 0.5) is 0 Å². The van der Waals surface area contributed by atoms with Gasteiger partial charge >= 0.3 is 17.9 Å². The molecule has 1 unspecified atom stereocenters. The Hall–Kier alpha value is -4.71. The van der Waals surface area contributed by atoms with Crippen molar-refractivity contribution in [2.75, 3.05) is 13.2 Å². The molecule has 0 spiro atoms. The fourth-order valence-corrected chi connectivity index (χ4v) is 7.91. The first-order chi connectivity index (χ1) is 37.0. The molecule has 0 rings (SSSR count). The van der Waals surface area contributed by atoms with Crippen LogP contribution in [-0.2, 0) is 28.6 Å². The Bertz CT molecular complexity index is 1660. The predicted octanol–water partition coefficient (Wildman–Crippen LogP) is 20.8. The van der Waals surface area contributed by atoms with Gasteiger partial charge in [0, 0.05) is 19.3 Å². The molecule has 0 saturated heterocycles. The van der Waals surface area contributed by atoms with Gasteiger partial charge in [0.05, 0.1) is 0 Å². The molecule has 0 heterocycles. The zero-order valence-electron chi connectivity index (χ0n) is 48.3. The molecule has 0 aromatic heterocycles. The van der Waals surface area contributed by atoms with Gasteiger partial charge in [-0.25, -0.2) is 0 Å². The summed E-state index contributed by atoms with van der Waals surface area (Å²) >= 11 is 0. The molecule has 1 atom stereocenters. The number of hydrogen-bond acceptors (Lipinski definition) is 6. The maximum atomic E-state index is 12.8. The van der Waals surface area contributed by atoms with Crippen molar-refractivity contribution in [2.45, 2.75) is 258 Å². The molecule has 0 N–H and O–H groups in total. The SMILES string of the molecule is CC/C=C\C/C=C\C/C=C\C/C=C\C/C=C\CCCCCCCCCCCCCCCCCC(=O)OCC(COC(=O)CCCCC/C=C\C/C=C\C/C=C\CC)OC(=O)CC/C=C\C/C=C\C/C=C\C/C=C\CC. The Labute approximate surface area is 461 Å². The van der Waals surface area contributed by atoms with Gasteiger partial charge in [-0.2, -0.15) is 0 Å². The highest BCUT2D eigenvalue weighted by molar-refractivity contribution is 5.71. The molecule has 422 valence electrons. The van der Waals surface area contributed by atoms with Crippen LogP contribution in [-0.4, -0.2) is 37.2 Å². The van der Waals surface area contributed by atoms with Gasteiger partial charge in [0.25, 0.3) is 0 Å². The van der Waals surface area contributed by atoms with Gasteiger partial charge in [0.15, 0.2) is 6.10 Å². The van der Waals surface area contributed by atoms with E-state index in [4.69, 9.17) is 14.2 Å². The second-order valence-electron chi connectivity index (χ2n) is 19.5. The summed E-state index contributed by atoms with van der Waals surface area (Å²) < 4.78 is 16.7. The van der Waals surface area contributed by atoms with Crippen LogP contribution in [0.2, 0.25) is 0 Å². The van der Waals surface area contributed by atoms with Crippen LogP contribution in [0.1, 0.15) is 252 Å². The minimum absolute atomic E-state index is 0.120. The van der Waals surface area contributed by atoms with Gasteiger partial charge in [-0.1, -0.05) is 256 Å². The third-order valence-electron chi connectivity index (χ3n) is 12.3. The number of allylic oxidation sites excluding steroid dienone is 24. The molecule has 6 nitrogen and oxygen atoms in total. The number of hydrogen-bond donors (Lipinski definition) is 0. The Morgan fingerprint density at radius 3 is 0.813 bits per heavy atom. The monoisotopic (exact) mass is 1030 g/mol.